The van der Waals surface area contributed by atoms with Crippen LogP contribution in [0.25, 0.3) is 5.65 Å². The summed E-state index contributed by atoms with van der Waals surface area (Å²) in [5.41, 5.74) is 1.96. The third-order valence-electron chi connectivity index (χ3n) is 4.05. The Morgan fingerprint density at radius 2 is 1.89 bits per heavy atom. The highest BCUT2D eigenvalue weighted by atomic mass is 19.4. The Hall–Kier alpha value is -3.03. The zero-order valence-electron chi connectivity index (χ0n) is 14.8. The van der Waals surface area contributed by atoms with E-state index in [1.165, 1.54) is 12.1 Å². The minimum absolute atomic E-state index is 0.381. The quantitative estimate of drug-likeness (QED) is 0.532. The number of aromatic nitrogens is 2. The number of fused-ring (bicyclic) bond motifs is 1. The van der Waals surface area contributed by atoms with Gasteiger partial charge in [0.05, 0.1) is 11.3 Å². The van der Waals surface area contributed by atoms with Crippen molar-refractivity contribution in [1.82, 2.24) is 20.0 Å². The number of alkyl halides is 3. The van der Waals surface area contributed by atoms with E-state index in [0.29, 0.717) is 19.0 Å². The van der Waals surface area contributed by atoms with Gasteiger partial charge in [-0.3, -0.25) is 4.99 Å². The first-order chi connectivity index (χ1) is 13.0. The number of aliphatic imine (C=N–C) groups is 1. The lowest BCUT2D eigenvalue weighted by Gasteiger charge is -2.12. The van der Waals surface area contributed by atoms with E-state index in [-0.39, 0.29) is 0 Å². The van der Waals surface area contributed by atoms with Gasteiger partial charge in [0.1, 0.15) is 5.65 Å². The van der Waals surface area contributed by atoms with Gasteiger partial charge in [-0.05, 0) is 29.8 Å². The Bertz CT molecular complexity index is 880. The van der Waals surface area contributed by atoms with Crippen molar-refractivity contribution < 1.29 is 13.2 Å². The van der Waals surface area contributed by atoms with Crippen LogP contribution in [0.3, 0.4) is 0 Å². The monoisotopic (exact) mass is 375 g/mol. The first-order valence-electron chi connectivity index (χ1n) is 8.49. The summed E-state index contributed by atoms with van der Waals surface area (Å²) >= 11 is 0. The third kappa shape index (κ3) is 4.99. The normalized spacial score (nSPS) is 12.4. The molecule has 0 unspecified atom stereocenters. The van der Waals surface area contributed by atoms with Gasteiger partial charge in [-0.1, -0.05) is 18.2 Å². The fraction of sp³-hybridized carbons (Fsp3) is 0.263. The summed E-state index contributed by atoms with van der Waals surface area (Å²) in [6.07, 6.45) is 0.337. The van der Waals surface area contributed by atoms with E-state index >= 15 is 0 Å². The van der Waals surface area contributed by atoms with Crippen LogP contribution in [-0.2, 0) is 19.1 Å². The second-order valence-corrected chi connectivity index (χ2v) is 6.00. The molecule has 27 heavy (non-hydrogen) atoms. The molecule has 0 radical (unpaired) electrons. The zero-order chi connectivity index (χ0) is 19.3. The molecule has 8 heteroatoms. The molecule has 0 aliphatic heterocycles. The Morgan fingerprint density at radius 3 is 2.56 bits per heavy atom. The standard InChI is InChI=1S/C19H20F3N5/c1-23-18(25-12-14-5-7-15(8-6-14)19(20,21)22)24-10-9-16-13-27-11-3-2-4-17(27)26-16/h2-8,11,13H,9-10,12H2,1H3,(H2,23,24,25). The lowest BCUT2D eigenvalue weighted by atomic mass is 10.1. The molecular formula is C19H20F3N5. The fourth-order valence-electron chi connectivity index (χ4n) is 2.63. The molecule has 0 aliphatic carbocycles. The van der Waals surface area contributed by atoms with Crippen LogP contribution < -0.4 is 10.6 Å². The van der Waals surface area contributed by atoms with Gasteiger partial charge >= 0.3 is 6.18 Å². The Kier molecular flexibility index (Phi) is 5.63. The van der Waals surface area contributed by atoms with Crippen LogP contribution in [-0.4, -0.2) is 28.9 Å². The molecule has 0 amide bonds. The smallest absolute Gasteiger partial charge is 0.356 e. The van der Waals surface area contributed by atoms with E-state index in [1.54, 1.807) is 7.05 Å². The number of guanidine groups is 1. The summed E-state index contributed by atoms with van der Waals surface area (Å²) < 4.78 is 39.7. The molecule has 0 saturated carbocycles. The molecule has 3 rings (SSSR count). The van der Waals surface area contributed by atoms with Crippen molar-refractivity contribution in [2.24, 2.45) is 4.99 Å². The summed E-state index contributed by atoms with van der Waals surface area (Å²) in [6.45, 7) is 1.02. The van der Waals surface area contributed by atoms with Gasteiger partial charge in [-0.15, -0.1) is 0 Å². The molecular weight excluding hydrogens is 355 g/mol. The average molecular weight is 375 g/mol. The van der Waals surface area contributed by atoms with E-state index in [2.05, 4.69) is 20.6 Å². The number of benzene rings is 1. The van der Waals surface area contributed by atoms with Crippen molar-refractivity contribution in [3.63, 3.8) is 0 Å². The van der Waals surface area contributed by atoms with Crippen LogP contribution in [0.5, 0.6) is 0 Å². The largest absolute Gasteiger partial charge is 0.416 e. The van der Waals surface area contributed by atoms with E-state index < -0.39 is 11.7 Å². The van der Waals surface area contributed by atoms with Crippen molar-refractivity contribution in [1.29, 1.82) is 0 Å². The fourth-order valence-corrected chi connectivity index (χ4v) is 2.63. The number of pyridine rings is 1. The minimum Gasteiger partial charge on any atom is -0.356 e. The van der Waals surface area contributed by atoms with E-state index in [0.717, 1.165) is 35.5 Å². The predicted molar refractivity (Wildman–Crippen MR) is 98.5 cm³/mol. The second-order valence-electron chi connectivity index (χ2n) is 6.00. The highest BCUT2D eigenvalue weighted by Gasteiger charge is 2.29. The SMILES string of the molecule is CN=C(NCCc1cn2ccccc2n1)NCc1ccc(C(F)(F)F)cc1. The van der Waals surface area contributed by atoms with E-state index in [9.17, 15) is 13.2 Å². The molecule has 2 heterocycles. The molecule has 5 nitrogen and oxygen atoms in total. The Morgan fingerprint density at radius 1 is 1.11 bits per heavy atom. The lowest BCUT2D eigenvalue weighted by molar-refractivity contribution is -0.137. The van der Waals surface area contributed by atoms with Crippen molar-refractivity contribution >= 4 is 11.6 Å². The number of nitrogens with one attached hydrogen (secondary N) is 2. The first kappa shape index (κ1) is 18.8. The van der Waals surface area contributed by atoms with Crippen LogP contribution in [0.15, 0.2) is 59.9 Å². The highest BCUT2D eigenvalue weighted by molar-refractivity contribution is 5.79. The highest BCUT2D eigenvalue weighted by Crippen LogP contribution is 2.29. The van der Waals surface area contributed by atoms with Crippen molar-refractivity contribution in [3.05, 3.63) is 71.7 Å². The molecule has 142 valence electrons. The molecule has 0 spiro atoms. The molecule has 0 fully saturated rings. The van der Waals surface area contributed by atoms with Gasteiger partial charge in [0.2, 0.25) is 0 Å². The van der Waals surface area contributed by atoms with Gasteiger partial charge in [-0.2, -0.15) is 13.2 Å². The van der Waals surface area contributed by atoms with Gasteiger partial charge in [0.25, 0.3) is 0 Å². The second kappa shape index (κ2) is 8.11. The van der Waals surface area contributed by atoms with Crippen molar-refractivity contribution in [2.45, 2.75) is 19.1 Å². The predicted octanol–water partition coefficient (Wildman–Crippen LogP) is 3.26. The summed E-state index contributed by atoms with van der Waals surface area (Å²) in [5, 5.41) is 6.27. The zero-order valence-corrected chi connectivity index (χ0v) is 14.8. The summed E-state index contributed by atoms with van der Waals surface area (Å²) in [7, 11) is 1.65. The van der Waals surface area contributed by atoms with E-state index in [1.807, 2.05) is 35.0 Å². The van der Waals surface area contributed by atoms with Crippen LogP contribution in [0.2, 0.25) is 0 Å². The third-order valence-corrected chi connectivity index (χ3v) is 4.05. The number of halogens is 3. The molecule has 2 aromatic heterocycles. The molecule has 1 aromatic carbocycles. The topological polar surface area (TPSA) is 53.7 Å². The first-order valence-corrected chi connectivity index (χ1v) is 8.49. The van der Waals surface area contributed by atoms with Gasteiger partial charge in [0.15, 0.2) is 5.96 Å². The Labute approximate surface area is 155 Å². The van der Waals surface area contributed by atoms with Crippen LogP contribution >= 0.6 is 0 Å². The maximum atomic E-state index is 12.6. The molecule has 0 saturated heterocycles. The number of nitrogens with zero attached hydrogens (tertiary/aromatic N) is 3. The van der Waals surface area contributed by atoms with Crippen LogP contribution in [0.1, 0.15) is 16.8 Å². The number of hydrogen-bond acceptors (Lipinski definition) is 2. The van der Waals surface area contributed by atoms with Crippen molar-refractivity contribution in [3.8, 4) is 0 Å². The summed E-state index contributed by atoms with van der Waals surface area (Å²) in [4.78, 5) is 8.65. The van der Waals surface area contributed by atoms with Crippen LogP contribution in [0.4, 0.5) is 13.2 Å². The van der Waals surface area contributed by atoms with Crippen LogP contribution in [0, 0.1) is 0 Å². The Balaban J connectivity index is 1.48. The lowest BCUT2D eigenvalue weighted by Crippen LogP contribution is -2.37. The van der Waals surface area contributed by atoms with Gasteiger partial charge < -0.3 is 15.0 Å². The number of imidazole rings is 1. The molecule has 0 bridgehead atoms. The summed E-state index contributed by atoms with van der Waals surface area (Å²) in [5.74, 6) is 0.582. The van der Waals surface area contributed by atoms with Crippen molar-refractivity contribution in [2.75, 3.05) is 13.6 Å². The molecule has 0 aliphatic rings. The number of hydrogen-bond donors (Lipinski definition) is 2. The number of rotatable bonds is 5. The maximum absolute atomic E-state index is 12.6. The average Bonchev–Trinajstić information content (AvgIpc) is 3.07. The summed E-state index contributed by atoms with van der Waals surface area (Å²) in [6, 6.07) is 10.9. The van der Waals surface area contributed by atoms with Gasteiger partial charge in [-0.25, -0.2) is 4.98 Å². The maximum Gasteiger partial charge on any atom is 0.416 e. The van der Waals surface area contributed by atoms with E-state index in [4.69, 9.17) is 0 Å². The minimum atomic E-state index is -4.32. The molecule has 2 N–H and O–H groups in total. The van der Waals surface area contributed by atoms with Gasteiger partial charge in [0, 0.05) is 39.0 Å². The molecule has 0 atom stereocenters. The molecule has 3 aromatic rings.